The van der Waals surface area contributed by atoms with Gasteiger partial charge in [0.05, 0.1) is 13.2 Å². The van der Waals surface area contributed by atoms with E-state index in [1.54, 1.807) is 7.11 Å². The van der Waals surface area contributed by atoms with E-state index in [9.17, 15) is 0 Å². The third-order valence-corrected chi connectivity index (χ3v) is 2.33. The van der Waals surface area contributed by atoms with Gasteiger partial charge >= 0.3 is 0 Å². The predicted octanol–water partition coefficient (Wildman–Crippen LogP) is -0.261. The molecule has 0 spiro atoms. The second kappa shape index (κ2) is 3.70. The highest BCUT2D eigenvalue weighted by Crippen LogP contribution is 2.34. The van der Waals surface area contributed by atoms with Gasteiger partial charge in [-0.2, -0.15) is 0 Å². The molecule has 1 heterocycles. The zero-order valence-corrected chi connectivity index (χ0v) is 7.49. The van der Waals surface area contributed by atoms with Crippen molar-refractivity contribution in [3.05, 3.63) is 0 Å². The largest absolute Gasteiger partial charge is 0.393 e. The van der Waals surface area contributed by atoms with Gasteiger partial charge in [-0.25, -0.2) is 0 Å². The van der Waals surface area contributed by atoms with E-state index in [1.165, 1.54) is 0 Å². The van der Waals surface area contributed by atoms with Crippen LogP contribution in [0.4, 0.5) is 0 Å². The van der Waals surface area contributed by atoms with Gasteiger partial charge in [-0.1, -0.05) is 6.92 Å². The van der Waals surface area contributed by atoms with Gasteiger partial charge in [0.15, 0.2) is 6.29 Å². The molecule has 1 fully saturated rings. The standard InChI is InChI=1S/C8H16O4/c1-6-3-8(4-9,5-10)12-7(6)11-2/h6-7,9-10H,3-5H2,1-2H3. The number of hydrogen-bond acceptors (Lipinski definition) is 4. The molecule has 2 unspecified atom stereocenters. The Hall–Kier alpha value is -0.160. The molecule has 4 nitrogen and oxygen atoms in total. The number of rotatable bonds is 3. The Bertz CT molecular complexity index is 144. The van der Waals surface area contributed by atoms with Crippen molar-refractivity contribution in [3.63, 3.8) is 0 Å². The normalized spacial score (nSPS) is 34.0. The average Bonchev–Trinajstić information content (AvgIpc) is 2.43. The predicted molar refractivity (Wildman–Crippen MR) is 42.6 cm³/mol. The van der Waals surface area contributed by atoms with Crippen molar-refractivity contribution in [2.75, 3.05) is 20.3 Å². The molecule has 0 amide bonds. The fourth-order valence-electron chi connectivity index (χ4n) is 1.63. The Morgan fingerprint density at radius 2 is 2.08 bits per heavy atom. The molecule has 2 atom stereocenters. The molecule has 1 saturated heterocycles. The highest BCUT2D eigenvalue weighted by atomic mass is 16.7. The van der Waals surface area contributed by atoms with Crippen molar-refractivity contribution in [1.29, 1.82) is 0 Å². The Morgan fingerprint density at radius 1 is 1.50 bits per heavy atom. The van der Waals surface area contributed by atoms with Crippen LogP contribution in [0.2, 0.25) is 0 Å². The summed E-state index contributed by atoms with van der Waals surface area (Å²) in [5.41, 5.74) is -0.792. The fraction of sp³-hybridized carbons (Fsp3) is 1.00. The van der Waals surface area contributed by atoms with Crippen LogP contribution in [-0.2, 0) is 9.47 Å². The summed E-state index contributed by atoms with van der Waals surface area (Å²) in [5, 5.41) is 18.0. The molecule has 0 aromatic rings. The minimum absolute atomic E-state index is 0.159. The molecule has 0 saturated carbocycles. The lowest BCUT2D eigenvalue weighted by molar-refractivity contribution is -0.186. The molecule has 1 rings (SSSR count). The molecule has 0 bridgehead atoms. The Labute approximate surface area is 72.1 Å². The summed E-state index contributed by atoms with van der Waals surface area (Å²) in [6, 6.07) is 0. The zero-order valence-electron chi connectivity index (χ0n) is 7.49. The van der Waals surface area contributed by atoms with Gasteiger partial charge in [0.2, 0.25) is 0 Å². The van der Waals surface area contributed by atoms with E-state index >= 15 is 0 Å². The minimum atomic E-state index is -0.792. The fourth-order valence-corrected chi connectivity index (χ4v) is 1.63. The van der Waals surface area contributed by atoms with Crippen LogP contribution >= 0.6 is 0 Å². The quantitative estimate of drug-likeness (QED) is 0.622. The van der Waals surface area contributed by atoms with Crippen LogP contribution in [0.3, 0.4) is 0 Å². The highest BCUT2D eigenvalue weighted by Gasteiger charge is 2.44. The van der Waals surface area contributed by atoms with E-state index in [0.29, 0.717) is 6.42 Å². The maximum absolute atomic E-state index is 9.01. The summed E-state index contributed by atoms with van der Waals surface area (Å²) in [5.74, 6) is 0.217. The van der Waals surface area contributed by atoms with Gasteiger partial charge in [0, 0.05) is 13.0 Å². The van der Waals surface area contributed by atoms with Crippen LogP contribution in [0.25, 0.3) is 0 Å². The SMILES string of the molecule is COC1OC(CO)(CO)CC1C. The lowest BCUT2D eigenvalue weighted by Gasteiger charge is -2.23. The second-order valence-electron chi connectivity index (χ2n) is 3.40. The summed E-state index contributed by atoms with van der Waals surface area (Å²) in [4.78, 5) is 0. The van der Waals surface area contributed by atoms with Crippen LogP contribution in [-0.4, -0.2) is 42.4 Å². The van der Waals surface area contributed by atoms with E-state index in [4.69, 9.17) is 19.7 Å². The van der Waals surface area contributed by atoms with Gasteiger partial charge in [-0.3, -0.25) is 0 Å². The van der Waals surface area contributed by atoms with Crippen molar-refractivity contribution in [2.24, 2.45) is 5.92 Å². The maximum atomic E-state index is 9.01. The number of methoxy groups -OCH3 is 1. The monoisotopic (exact) mass is 176 g/mol. The molecule has 12 heavy (non-hydrogen) atoms. The first-order valence-electron chi connectivity index (χ1n) is 4.10. The molecule has 4 heteroatoms. The topological polar surface area (TPSA) is 58.9 Å². The van der Waals surface area contributed by atoms with Crippen molar-refractivity contribution >= 4 is 0 Å². The second-order valence-corrected chi connectivity index (χ2v) is 3.40. The van der Waals surface area contributed by atoms with Crippen LogP contribution < -0.4 is 0 Å². The third-order valence-electron chi connectivity index (χ3n) is 2.33. The molecule has 0 aliphatic carbocycles. The summed E-state index contributed by atoms with van der Waals surface area (Å²) < 4.78 is 10.4. The van der Waals surface area contributed by atoms with Gasteiger partial charge in [-0.15, -0.1) is 0 Å². The number of hydrogen-bond donors (Lipinski definition) is 2. The van der Waals surface area contributed by atoms with E-state index in [-0.39, 0.29) is 25.4 Å². The van der Waals surface area contributed by atoms with E-state index < -0.39 is 5.60 Å². The van der Waals surface area contributed by atoms with Crippen molar-refractivity contribution < 1.29 is 19.7 Å². The van der Waals surface area contributed by atoms with Crippen LogP contribution in [0.1, 0.15) is 13.3 Å². The molecule has 2 N–H and O–H groups in total. The van der Waals surface area contributed by atoms with E-state index in [0.717, 1.165) is 0 Å². The average molecular weight is 176 g/mol. The lowest BCUT2D eigenvalue weighted by atomic mass is 9.96. The summed E-state index contributed by atoms with van der Waals surface area (Å²) in [6.45, 7) is 1.66. The summed E-state index contributed by atoms with van der Waals surface area (Å²) >= 11 is 0. The Morgan fingerprint density at radius 3 is 2.33 bits per heavy atom. The molecule has 0 aromatic carbocycles. The Kier molecular flexibility index (Phi) is 3.06. The number of aliphatic hydroxyl groups is 2. The van der Waals surface area contributed by atoms with Gasteiger partial charge < -0.3 is 19.7 Å². The zero-order chi connectivity index (χ0) is 9.19. The van der Waals surface area contributed by atoms with Gasteiger partial charge in [-0.05, 0) is 6.42 Å². The van der Waals surface area contributed by atoms with Gasteiger partial charge in [0.1, 0.15) is 5.60 Å². The van der Waals surface area contributed by atoms with Crippen LogP contribution in [0.15, 0.2) is 0 Å². The molecule has 72 valence electrons. The summed E-state index contributed by atoms with van der Waals surface area (Å²) in [7, 11) is 1.56. The van der Waals surface area contributed by atoms with Crippen LogP contribution in [0.5, 0.6) is 0 Å². The Balaban J connectivity index is 2.61. The molecule has 0 aromatic heterocycles. The number of ether oxygens (including phenoxy) is 2. The molecular weight excluding hydrogens is 160 g/mol. The van der Waals surface area contributed by atoms with Crippen molar-refractivity contribution in [2.45, 2.75) is 25.2 Å². The van der Waals surface area contributed by atoms with E-state index in [1.807, 2.05) is 6.92 Å². The maximum Gasteiger partial charge on any atom is 0.160 e. The third kappa shape index (κ3) is 1.61. The van der Waals surface area contributed by atoms with E-state index in [2.05, 4.69) is 0 Å². The molecular formula is C8H16O4. The van der Waals surface area contributed by atoms with Crippen molar-refractivity contribution in [3.8, 4) is 0 Å². The summed E-state index contributed by atoms with van der Waals surface area (Å²) in [6.07, 6.45) is 0.336. The van der Waals surface area contributed by atoms with Gasteiger partial charge in [0.25, 0.3) is 0 Å². The van der Waals surface area contributed by atoms with Crippen molar-refractivity contribution in [1.82, 2.24) is 0 Å². The molecule has 1 aliphatic heterocycles. The van der Waals surface area contributed by atoms with Crippen LogP contribution in [0, 0.1) is 5.92 Å². The smallest absolute Gasteiger partial charge is 0.160 e. The molecule has 1 aliphatic rings. The first kappa shape index (κ1) is 9.92. The first-order chi connectivity index (χ1) is 5.67. The minimum Gasteiger partial charge on any atom is -0.393 e. The first-order valence-corrected chi connectivity index (χ1v) is 4.10. The number of aliphatic hydroxyl groups excluding tert-OH is 2. The highest BCUT2D eigenvalue weighted by molar-refractivity contribution is 4.88. The lowest BCUT2D eigenvalue weighted by Crippen LogP contribution is -2.37. The molecule has 0 radical (unpaired) electrons.